The number of nitrogens with one attached hydrogen (secondary N) is 1. The van der Waals surface area contributed by atoms with Gasteiger partial charge in [0, 0.05) is 18.3 Å². The molecule has 0 aliphatic rings. The van der Waals surface area contributed by atoms with Gasteiger partial charge in [0.1, 0.15) is 0 Å². The minimum atomic E-state index is 0.181. The van der Waals surface area contributed by atoms with Crippen molar-refractivity contribution in [3.05, 3.63) is 51.9 Å². The molecule has 1 heterocycles. The molecule has 1 aromatic heterocycles. The van der Waals surface area contributed by atoms with Crippen molar-refractivity contribution < 1.29 is 0 Å². The Morgan fingerprint density at radius 2 is 1.78 bits per heavy atom. The van der Waals surface area contributed by atoms with Crippen molar-refractivity contribution in [2.75, 3.05) is 7.05 Å². The van der Waals surface area contributed by atoms with Crippen LogP contribution in [0.4, 0.5) is 0 Å². The summed E-state index contributed by atoms with van der Waals surface area (Å²) >= 11 is 15.9. The lowest BCUT2D eigenvalue weighted by Gasteiger charge is -2.17. The first-order chi connectivity index (χ1) is 8.52. The molecule has 0 amide bonds. The van der Waals surface area contributed by atoms with E-state index in [2.05, 4.69) is 93.3 Å². The van der Waals surface area contributed by atoms with Gasteiger partial charge in [-0.05, 0) is 62.7 Å². The third-order valence-corrected chi connectivity index (χ3v) is 7.01. The van der Waals surface area contributed by atoms with Crippen LogP contribution >= 0.6 is 75.1 Å². The summed E-state index contributed by atoms with van der Waals surface area (Å²) in [5.41, 5.74) is 1.22. The van der Waals surface area contributed by atoms with E-state index in [-0.39, 0.29) is 6.04 Å². The normalized spacial score (nSPS) is 12.7. The van der Waals surface area contributed by atoms with Gasteiger partial charge in [-0.2, -0.15) is 0 Å². The zero-order chi connectivity index (χ0) is 13.3. The first-order valence-electron chi connectivity index (χ1n) is 5.10. The Bertz CT molecular complexity index is 548. The van der Waals surface area contributed by atoms with Crippen molar-refractivity contribution in [2.45, 2.75) is 6.04 Å². The molecule has 0 fully saturated rings. The van der Waals surface area contributed by atoms with Gasteiger partial charge in [0.2, 0.25) is 0 Å². The first kappa shape index (κ1) is 15.2. The molecule has 6 heteroatoms. The standard InChI is InChI=1S/C12H9Br4NS/c1-17-11(10-5-9(15)12(16)18-10)7-3-2-6(13)4-8(7)14/h2-5,11,17H,1H3. The van der Waals surface area contributed by atoms with Crippen LogP contribution in [0.15, 0.2) is 41.5 Å². The predicted octanol–water partition coefficient (Wildman–Crippen LogP) is 6.11. The highest BCUT2D eigenvalue weighted by atomic mass is 79.9. The number of hydrogen-bond donors (Lipinski definition) is 1. The molecule has 0 aliphatic heterocycles. The maximum atomic E-state index is 3.62. The van der Waals surface area contributed by atoms with Crippen molar-refractivity contribution >= 4 is 75.1 Å². The van der Waals surface area contributed by atoms with Gasteiger partial charge in [0.25, 0.3) is 0 Å². The van der Waals surface area contributed by atoms with Crippen LogP contribution in [0.2, 0.25) is 0 Å². The SMILES string of the molecule is CNC(c1cc(Br)c(Br)s1)c1ccc(Br)cc1Br. The second kappa shape index (κ2) is 6.50. The summed E-state index contributed by atoms with van der Waals surface area (Å²) in [7, 11) is 1.97. The van der Waals surface area contributed by atoms with Crippen LogP contribution in [0.25, 0.3) is 0 Å². The molecule has 0 bridgehead atoms. The fourth-order valence-electron chi connectivity index (χ4n) is 1.69. The quantitative estimate of drug-likeness (QED) is 0.517. The average molecular weight is 519 g/mol. The Kier molecular flexibility index (Phi) is 5.49. The molecule has 0 saturated carbocycles. The van der Waals surface area contributed by atoms with Crippen LogP contribution in [0.3, 0.4) is 0 Å². The monoisotopic (exact) mass is 515 g/mol. The molecule has 1 atom stereocenters. The van der Waals surface area contributed by atoms with Crippen LogP contribution in [-0.4, -0.2) is 7.05 Å². The van der Waals surface area contributed by atoms with Crippen molar-refractivity contribution in [1.82, 2.24) is 5.32 Å². The van der Waals surface area contributed by atoms with Crippen LogP contribution in [0, 0.1) is 0 Å². The Morgan fingerprint density at radius 3 is 2.28 bits per heavy atom. The van der Waals surface area contributed by atoms with Gasteiger partial charge in [0.05, 0.1) is 9.83 Å². The molecule has 2 aromatic rings. The average Bonchev–Trinajstić information content (AvgIpc) is 2.63. The molecule has 96 valence electrons. The summed E-state index contributed by atoms with van der Waals surface area (Å²) in [5.74, 6) is 0. The van der Waals surface area contributed by atoms with E-state index in [0.29, 0.717) is 0 Å². The fourth-order valence-corrected chi connectivity index (χ4v) is 5.19. The molecule has 0 aliphatic carbocycles. The molecule has 2 rings (SSSR count). The van der Waals surface area contributed by atoms with Crippen molar-refractivity contribution in [3.8, 4) is 0 Å². The summed E-state index contributed by atoms with van der Waals surface area (Å²) in [5, 5.41) is 3.36. The summed E-state index contributed by atoms with van der Waals surface area (Å²) < 4.78 is 4.38. The van der Waals surface area contributed by atoms with Gasteiger partial charge < -0.3 is 5.32 Å². The lowest BCUT2D eigenvalue weighted by molar-refractivity contribution is 0.700. The summed E-state index contributed by atoms with van der Waals surface area (Å²) in [4.78, 5) is 1.26. The molecular weight excluding hydrogens is 510 g/mol. The highest BCUT2D eigenvalue weighted by Crippen LogP contribution is 2.39. The zero-order valence-electron chi connectivity index (χ0n) is 9.31. The maximum Gasteiger partial charge on any atom is 0.0843 e. The molecule has 1 nitrogen and oxygen atoms in total. The minimum Gasteiger partial charge on any atom is -0.309 e. The lowest BCUT2D eigenvalue weighted by Crippen LogP contribution is -2.16. The van der Waals surface area contributed by atoms with Crippen LogP contribution in [-0.2, 0) is 0 Å². The number of benzene rings is 1. The Hall–Kier alpha value is 0.800. The van der Waals surface area contributed by atoms with Gasteiger partial charge in [0.15, 0.2) is 0 Å². The molecule has 0 saturated heterocycles. The van der Waals surface area contributed by atoms with E-state index in [1.807, 2.05) is 7.05 Å². The van der Waals surface area contributed by atoms with E-state index in [1.165, 1.54) is 10.4 Å². The molecule has 1 aromatic carbocycles. The molecule has 18 heavy (non-hydrogen) atoms. The predicted molar refractivity (Wildman–Crippen MR) is 92.5 cm³/mol. The van der Waals surface area contributed by atoms with E-state index in [4.69, 9.17) is 0 Å². The third kappa shape index (κ3) is 3.27. The Morgan fingerprint density at radius 1 is 1.06 bits per heavy atom. The molecule has 0 radical (unpaired) electrons. The smallest absolute Gasteiger partial charge is 0.0843 e. The summed E-state index contributed by atoms with van der Waals surface area (Å²) in [6.45, 7) is 0. The number of rotatable bonds is 3. The first-order valence-corrected chi connectivity index (χ1v) is 9.08. The molecular formula is C12H9Br4NS. The van der Waals surface area contributed by atoms with Gasteiger partial charge in [-0.25, -0.2) is 0 Å². The van der Waals surface area contributed by atoms with E-state index < -0.39 is 0 Å². The summed E-state index contributed by atoms with van der Waals surface area (Å²) in [6.07, 6.45) is 0. The van der Waals surface area contributed by atoms with Crippen LogP contribution < -0.4 is 5.32 Å². The van der Waals surface area contributed by atoms with Crippen LogP contribution in [0.5, 0.6) is 0 Å². The maximum absolute atomic E-state index is 3.62. The second-order valence-electron chi connectivity index (χ2n) is 3.66. The van der Waals surface area contributed by atoms with Gasteiger partial charge in [-0.15, -0.1) is 11.3 Å². The second-order valence-corrected chi connectivity index (χ2v) is 8.68. The number of halogens is 4. The lowest BCUT2D eigenvalue weighted by atomic mass is 10.1. The van der Waals surface area contributed by atoms with E-state index in [9.17, 15) is 0 Å². The minimum absolute atomic E-state index is 0.181. The van der Waals surface area contributed by atoms with E-state index >= 15 is 0 Å². The van der Waals surface area contributed by atoms with Crippen LogP contribution in [0.1, 0.15) is 16.5 Å². The zero-order valence-corrected chi connectivity index (χ0v) is 16.5. The highest BCUT2D eigenvalue weighted by molar-refractivity contribution is 9.13. The van der Waals surface area contributed by atoms with E-state index in [0.717, 1.165) is 17.2 Å². The largest absolute Gasteiger partial charge is 0.309 e. The van der Waals surface area contributed by atoms with Gasteiger partial charge in [-0.3, -0.25) is 0 Å². The van der Waals surface area contributed by atoms with Gasteiger partial charge >= 0.3 is 0 Å². The van der Waals surface area contributed by atoms with Crippen molar-refractivity contribution in [2.24, 2.45) is 0 Å². The molecule has 1 unspecified atom stereocenters. The summed E-state index contributed by atoms with van der Waals surface area (Å²) in [6, 6.07) is 8.57. The Balaban J connectivity index is 2.45. The van der Waals surface area contributed by atoms with Crippen molar-refractivity contribution in [1.29, 1.82) is 0 Å². The molecule has 0 spiro atoms. The fraction of sp³-hybridized carbons (Fsp3) is 0.167. The Labute approximate surface area is 144 Å². The third-order valence-electron chi connectivity index (χ3n) is 2.51. The van der Waals surface area contributed by atoms with Gasteiger partial charge in [-0.1, -0.05) is 37.9 Å². The van der Waals surface area contributed by atoms with Crippen molar-refractivity contribution in [3.63, 3.8) is 0 Å². The molecule has 1 N–H and O–H groups in total. The van der Waals surface area contributed by atoms with E-state index in [1.54, 1.807) is 11.3 Å². The highest BCUT2D eigenvalue weighted by Gasteiger charge is 2.18. The number of hydrogen-bond acceptors (Lipinski definition) is 2. The number of thiophene rings is 1. The topological polar surface area (TPSA) is 12.0 Å².